The molecule has 1 N–H and O–H groups in total. The number of piperazine rings is 2. The maximum absolute atomic E-state index is 12.2. The highest BCUT2D eigenvalue weighted by Crippen LogP contribution is 2.24. The second kappa shape index (κ2) is 10.7. The molecule has 0 unspecified atom stereocenters. The lowest BCUT2D eigenvalue weighted by Crippen LogP contribution is -2.51. The molecule has 0 aromatic carbocycles. The van der Waals surface area contributed by atoms with Crippen molar-refractivity contribution in [2.75, 3.05) is 58.9 Å². The van der Waals surface area contributed by atoms with E-state index in [1.54, 1.807) is 0 Å². The lowest BCUT2D eigenvalue weighted by Gasteiger charge is -2.38. The summed E-state index contributed by atoms with van der Waals surface area (Å²) in [7, 11) is 0. The number of nitrogens with zero attached hydrogens (tertiary/aromatic N) is 3. The maximum Gasteiger partial charge on any atom is 0.223 e. The lowest BCUT2D eigenvalue weighted by atomic mass is 10.1. The summed E-state index contributed by atoms with van der Waals surface area (Å²) in [5, 5.41) is 3.30. The minimum absolute atomic E-state index is 0. The summed E-state index contributed by atoms with van der Waals surface area (Å²) < 4.78 is 0. The number of hydrogen-bond donors (Lipinski definition) is 1. The Morgan fingerprint density at radius 3 is 2.13 bits per heavy atom. The highest BCUT2D eigenvalue weighted by Gasteiger charge is 2.26. The first-order valence-electron chi connectivity index (χ1n) is 8.78. The molecule has 2 saturated heterocycles. The largest absolute Gasteiger partial charge is 0.340 e. The normalized spacial score (nSPS) is 24.1. The Morgan fingerprint density at radius 1 is 0.913 bits per heavy atom. The summed E-state index contributed by atoms with van der Waals surface area (Å²) in [6.45, 7) is 9.30. The third kappa shape index (κ3) is 6.05. The summed E-state index contributed by atoms with van der Waals surface area (Å²) in [6, 6.07) is 0.856. The van der Waals surface area contributed by atoms with Gasteiger partial charge in [0.15, 0.2) is 0 Å². The van der Waals surface area contributed by atoms with Gasteiger partial charge in [-0.1, -0.05) is 12.8 Å². The maximum atomic E-state index is 12.2. The van der Waals surface area contributed by atoms with E-state index in [4.69, 9.17) is 0 Å². The molecule has 0 atom stereocenters. The van der Waals surface area contributed by atoms with Crippen LogP contribution in [0.15, 0.2) is 0 Å². The van der Waals surface area contributed by atoms with Crippen LogP contribution in [0.4, 0.5) is 0 Å². The summed E-state index contributed by atoms with van der Waals surface area (Å²) in [5.74, 6) is 0.342. The van der Waals surface area contributed by atoms with Crippen molar-refractivity contribution >= 4 is 30.7 Å². The van der Waals surface area contributed by atoms with Gasteiger partial charge < -0.3 is 15.1 Å². The third-order valence-corrected chi connectivity index (χ3v) is 5.36. The molecule has 0 spiro atoms. The molecular weight excluding hydrogens is 335 g/mol. The van der Waals surface area contributed by atoms with E-state index in [9.17, 15) is 4.79 Å². The number of amides is 1. The van der Waals surface area contributed by atoms with Crippen LogP contribution < -0.4 is 5.32 Å². The summed E-state index contributed by atoms with van der Waals surface area (Å²) in [4.78, 5) is 19.4. The number of hydrogen-bond acceptors (Lipinski definition) is 4. The molecule has 1 aliphatic carbocycles. The molecule has 0 aromatic heterocycles. The minimum atomic E-state index is 0. The third-order valence-electron chi connectivity index (χ3n) is 5.36. The second-order valence-electron chi connectivity index (χ2n) is 6.70. The van der Waals surface area contributed by atoms with E-state index in [1.165, 1.54) is 38.8 Å². The number of carbonyl (C=O) groups is 1. The zero-order chi connectivity index (χ0) is 14.5. The Kier molecular flexibility index (Phi) is 9.78. The number of carbonyl (C=O) groups excluding carboxylic acids is 1. The number of halogens is 2. The van der Waals surface area contributed by atoms with Crippen LogP contribution in [0.25, 0.3) is 0 Å². The Morgan fingerprint density at radius 2 is 1.52 bits per heavy atom. The molecule has 0 bridgehead atoms. The topological polar surface area (TPSA) is 38.8 Å². The lowest BCUT2D eigenvalue weighted by molar-refractivity contribution is -0.132. The fraction of sp³-hybridized carbons (Fsp3) is 0.938. The fourth-order valence-corrected chi connectivity index (χ4v) is 3.95. The van der Waals surface area contributed by atoms with Crippen molar-refractivity contribution in [1.29, 1.82) is 0 Å². The van der Waals surface area contributed by atoms with Gasteiger partial charge in [0.1, 0.15) is 0 Å². The van der Waals surface area contributed by atoms with Crippen molar-refractivity contribution in [2.24, 2.45) is 0 Å². The number of rotatable bonds is 4. The van der Waals surface area contributed by atoms with E-state index in [0.717, 1.165) is 51.9 Å². The quantitative estimate of drug-likeness (QED) is 0.811. The molecule has 23 heavy (non-hydrogen) atoms. The van der Waals surface area contributed by atoms with E-state index in [-0.39, 0.29) is 24.8 Å². The van der Waals surface area contributed by atoms with Crippen LogP contribution >= 0.6 is 24.8 Å². The average Bonchev–Trinajstić information content (AvgIpc) is 3.08. The van der Waals surface area contributed by atoms with Gasteiger partial charge in [-0.15, -0.1) is 24.8 Å². The first kappa shape index (κ1) is 21.0. The molecule has 136 valence electrons. The molecule has 0 radical (unpaired) electrons. The summed E-state index contributed by atoms with van der Waals surface area (Å²) in [6.07, 6.45) is 6.35. The van der Waals surface area contributed by atoms with Gasteiger partial charge in [0.25, 0.3) is 0 Å². The molecule has 5 nitrogen and oxygen atoms in total. The molecule has 3 fully saturated rings. The van der Waals surface area contributed by atoms with Crippen LogP contribution in [0.5, 0.6) is 0 Å². The standard InChI is InChI=1S/C16H30N4O.2ClH/c21-16(20-9-6-17-7-10-20)5-8-18-11-13-19(14-12-18)15-3-1-2-4-15;;/h15,17H,1-14H2;2*1H. The summed E-state index contributed by atoms with van der Waals surface area (Å²) in [5.41, 5.74) is 0. The Hall–Kier alpha value is -0.0700. The molecule has 2 heterocycles. The molecule has 3 rings (SSSR count). The molecule has 2 aliphatic heterocycles. The van der Waals surface area contributed by atoms with E-state index < -0.39 is 0 Å². The molecular formula is C16H32Cl2N4O. The molecule has 7 heteroatoms. The van der Waals surface area contributed by atoms with Gasteiger partial charge in [0.2, 0.25) is 5.91 Å². The van der Waals surface area contributed by atoms with Gasteiger partial charge in [-0.2, -0.15) is 0 Å². The first-order valence-corrected chi connectivity index (χ1v) is 8.78. The van der Waals surface area contributed by atoms with Crippen LogP contribution in [-0.2, 0) is 4.79 Å². The predicted octanol–water partition coefficient (Wildman–Crippen LogP) is 1.21. The first-order chi connectivity index (χ1) is 10.3. The highest BCUT2D eigenvalue weighted by atomic mass is 35.5. The van der Waals surface area contributed by atoms with Gasteiger partial charge in [0.05, 0.1) is 0 Å². The van der Waals surface area contributed by atoms with Gasteiger partial charge in [0, 0.05) is 71.4 Å². The van der Waals surface area contributed by atoms with Crippen molar-refractivity contribution < 1.29 is 4.79 Å². The Labute approximate surface area is 152 Å². The van der Waals surface area contributed by atoms with Crippen molar-refractivity contribution in [3.8, 4) is 0 Å². The Bertz CT molecular complexity index is 339. The minimum Gasteiger partial charge on any atom is -0.340 e. The molecule has 1 amide bonds. The molecule has 3 aliphatic rings. The monoisotopic (exact) mass is 366 g/mol. The van der Waals surface area contributed by atoms with Crippen LogP contribution in [0.2, 0.25) is 0 Å². The Balaban J connectivity index is 0.00000132. The fourth-order valence-electron chi connectivity index (χ4n) is 3.95. The molecule has 1 saturated carbocycles. The van der Waals surface area contributed by atoms with Crippen LogP contribution in [-0.4, -0.2) is 85.6 Å². The van der Waals surface area contributed by atoms with Gasteiger partial charge in [-0.3, -0.25) is 9.69 Å². The van der Waals surface area contributed by atoms with Gasteiger partial charge >= 0.3 is 0 Å². The van der Waals surface area contributed by atoms with Gasteiger partial charge in [-0.25, -0.2) is 0 Å². The van der Waals surface area contributed by atoms with Crippen molar-refractivity contribution in [2.45, 2.75) is 38.1 Å². The van der Waals surface area contributed by atoms with Crippen LogP contribution in [0.1, 0.15) is 32.1 Å². The van der Waals surface area contributed by atoms with Crippen molar-refractivity contribution in [1.82, 2.24) is 20.0 Å². The average molecular weight is 367 g/mol. The van der Waals surface area contributed by atoms with Crippen molar-refractivity contribution in [3.05, 3.63) is 0 Å². The van der Waals surface area contributed by atoms with Gasteiger partial charge in [-0.05, 0) is 12.8 Å². The van der Waals surface area contributed by atoms with Crippen LogP contribution in [0, 0.1) is 0 Å². The smallest absolute Gasteiger partial charge is 0.223 e. The number of nitrogens with one attached hydrogen (secondary N) is 1. The predicted molar refractivity (Wildman–Crippen MR) is 98.8 cm³/mol. The zero-order valence-electron chi connectivity index (χ0n) is 14.0. The van der Waals surface area contributed by atoms with E-state index in [1.807, 2.05) is 4.90 Å². The van der Waals surface area contributed by atoms with Crippen LogP contribution in [0.3, 0.4) is 0 Å². The van der Waals surface area contributed by atoms with E-state index >= 15 is 0 Å². The van der Waals surface area contributed by atoms with E-state index in [2.05, 4.69) is 15.1 Å². The zero-order valence-corrected chi connectivity index (χ0v) is 15.7. The molecule has 0 aromatic rings. The van der Waals surface area contributed by atoms with E-state index in [0.29, 0.717) is 12.3 Å². The van der Waals surface area contributed by atoms with Crippen molar-refractivity contribution in [3.63, 3.8) is 0 Å². The highest BCUT2D eigenvalue weighted by molar-refractivity contribution is 5.85. The summed E-state index contributed by atoms with van der Waals surface area (Å²) >= 11 is 0. The SMILES string of the molecule is Cl.Cl.O=C(CCN1CCN(C2CCCC2)CC1)N1CCNCC1. The second-order valence-corrected chi connectivity index (χ2v) is 6.70.